The van der Waals surface area contributed by atoms with Crippen molar-refractivity contribution in [1.29, 1.82) is 0 Å². The summed E-state index contributed by atoms with van der Waals surface area (Å²) in [7, 11) is 0. The Bertz CT molecular complexity index is 564. The van der Waals surface area contributed by atoms with Gasteiger partial charge in [-0.1, -0.05) is 0 Å². The summed E-state index contributed by atoms with van der Waals surface area (Å²) in [6.45, 7) is 2.60. The maximum absolute atomic E-state index is 11.2. The normalized spacial score (nSPS) is 10.2. The zero-order valence-corrected chi connectivity index (χ0v) is 12.8. The average molecular weight is 370 g/mol. The van der Waals surface area contributed by atoms with Gasteiger partial charge in [-0.25, -0.2) is 0 Å². The molecule has 2 aromatic rings. The van der Waals surface area contributed by atoms with Crippen molar-refractivity contribution in [3.8, 4) is 5.75 Å². The van der Waals surface area contributed by atoms with Gasteiger partial charge in [-0.2, -0.15) is 0 Å². The third-order valence-corrected chi connectivity index (χ3v) is 5.57. The Hall–Kier alpha value is -1.50. The SMILES string of the molecule is CCOc1ccc([Te]c2ccccc2C(=O)O)cc1. The van der Waals surface area contributed by atoms with Gasteiger partial charge in [0.1, 0.15) is 0 Å². The van der Waals surface area contributed by atoms with Gasteiger partial charge in [0.05, 0.1) is 0 Å². The third kappa shape index (κ3) is 3.73. The van der Waals surface area contributed by atoms with E-state index in [-0.39, 0.29) is 0 Å². The van der Waals surface area contributed by atoms with Crippen LogP contribution in [0.4, 0.5) is 0 Å². The molecule has 0 aliphatic rings. The van der Waals surface area contributed by atoms with Gasteiger partial charge in [-0.3, -0.25) is 0 Å². The standard InChI is InChI=1S/C15H14O3Te/c1-2-18-11-7-9-12(10-8-11)19-14-6-4-3-5-13(14)15(16)17/h3-10H,2H2,1H3,(H,16,17). The Balaban J connectivity index is 2.19. The first-order chi connectivity index (χ1) is 9.20. The topological polar surface area (TPSA) is 46.5 Å². The van der Waals surface area contributed by atoms with Crippen LogP contribution in [0.25, 0.3) is 0 Å². The first kappa shape index (κ1) is 13.9. The number of rotatable bonds is 5. The first-order valence-electron chi connectivity index (χ1n) is 5.93. The van der Waals surface area contributed by atoms with Gasteiger partial charge in [-0.15, -0.1) is 0 Å². The Morgan fingerprint density at radius 3 is 2.47 bits per heavy atom. The fraction of sp³-hybridized carbons (Fsp3) is 0.133. The van der Waals surface area contributed by atoms with Crippen LogP contribution in [0.3, 0.4) is 0 Å². The molecule has 98 valence electrons. The predicted molar refractivity (Wildman–Crippen MR) is 76.0 cm³/mol. The van der Waals surface area contributed by atoms with Gasteiger partial charge in [0, 0.05) is 0 Å². The molecule has 0 bridgehead atoms. The van der Waals surface area contributed by atoms with Crippen LogP contribution in [-0.2, 0) is 0 Å². The van der Waals surface area contributed by atoms with Crippen LogP contribution in [0.1, 0.15) is 17.3 Å². The summed E-state index contributed by atoms with van der Waals surface area (Å²) in [5.41, 5.74) is 0.416. The van der Waals surface area contributed by atoms with E-state index in [1.165, 1.54) is 3.61 Å². The van der Waals surface area contributed by atoms with E-state index in [1.54, 1.807) is 12.1 Å². The van der Waals surface area contributed by atoms with E-state index < -0.39 is 26.9 Å². The van der Waals surface area contributed by atoms with Crippen molar-refractivity contribution in [2.75, 3.05) is 6.61 Å². The van der Waals surface area contributed by atoms with Gasteiger partial charge in [0.2, 0.25) is 0 Å². The molecule has 0 atom stereocenters. The first-order valence-corrected chi connectivity index (χ1v) is 8.26. The van der Waals surface area contributed by atoms with Gasteiger partial charge in [-0.05, 0) is 0 Å². The van der Waals surface area contributed by atoms with E-state index in [0.29, 0.717) is 12.2 Å². The van der Waals surface area contributed by atoms with E-state index in [9.17, 15) is 4.79 Å². The number of hydrogen-bond acceptors (Lipinski definition) is 2. The molecule has 0 saturated heterocycles. The summed E-state index contributed by atoms with van der Waals surface area (Å²) in [6, 6.07) is 15.1. The summed E-state index contributed by atoms with van der Waals surface area (Å²) < 4.78 is 7.54. The number of hydrogen-bond donors (Lipinski definition) is 1. The Kier molecular flexibility index (Phi) is 4.84. The molecule has 0 spiro atoms. The van der Waals surface area contributed by atoms with Crippen LogP contribution < -0.4 is 12.0 Å². The molecular formula is C15H14O3Te. The molecule has 3 nitrogen and oxygen atoms in total. The molecule has 0 aliphatic heterocycles. The van der Waals surface area contributed by atoms with Crippen molar-refractivity contribution in [1.82, 2.24) is 0 Å². The number of aromatic carboxylic acids is 1. The molecule has 0 saturated carbocycles. The molecule has 0 radical (unpaired) electrons. The molecule has 0 fully saturated rings. The number of ether oxygens (including phenoxy) is 1. The second-order valence-electron chi connectivity index (χ2n) is 3.81. The maximum atomic E-state index is 11.2. The molecule has 0 heterocycles. The number of carboxylic acids is 1. The molecule has 1 N–H and O–H groups in total. The molecule has 0 aromatic heterocycles. The van der Waals surface area contributed by atoms with E-state index in [1.807, 2.05) is 43.3 Å². The van der Waals surface area contributed by atoms with Crippen molar-refractivity contribution < 1.29 is 14.6 Å². The molecule has 2 rings (SSSR count). The third-order valence-electron chi connectivity index (χ3n) is 2.48. The summed E-state index contributed by atoms with van der Waals surface area (Å²) in [6.07, 6.45) is 0. The fourth-order valence-corrected chi connectivity index (χ4v) is 4.31. The second-order valence-corrected chi connectivity index (χ2v) is 6.99. The zero-order chi connectivity index (χ0) is 13.7. The monoisotopic (exact) mass is 372 g/mol. The summed E-state index contributed by atoms with van der Waals surface area (Å²) in [5, 5.41) is 9.16. The van der Waals surface area contributed by atoms with Crippen LogP contribution in [0.15, 0.2) is 48.5 Å². The number of carbonyl (C=O) groups is 1. The van der Waals surface area contributed by atoms with Crippen molar-refractivity contribution in [3.05, 3.63) is 54.1 Å². The quantitative estimate of drug-likeness (QED) is 0.811. The van der Waals surface area contributed by atoms with Crippen molar-refractivity contribution in [2.45, 2.75) is 6.92 Å². The van der Waals surface area contributed by atoms with E-state index in [0.717, 1.165) is 9.36 Å². The van der Waals surface area contributed by atoms with Gasteiger partial charge in [0.25, 0.3) is 0 Å². The summed E-state index contributed by atoms with van der Waals surface area (Å²) in [5.74, 6) is -0.00290. The van der Waals surface area contributed by atoms with Gasteiger partial charge < -0.3 is 0 Å². The van der Waals surface area contributed by atoms with E-state index in [2.05, 4.69) is 0 Å². The molecule has 4 heteroatoms. The predicted octanol–water partition coefficient (Wildman–Crippen LogP) is 1.44. The Labute approximate surface area is 122 Å². The summed E-state index contributed by atoms with van der Waals surface area (Å²) in [4.78, 5) is 11.2. The minimum atomic E-state index is -0.855. The van der Waals surface area contributed by atoms with Crippen LogP contribution in [0.5, 0.6) is 5.75 Å². The fourth-order valence-electron chi connectivity index (χ4n) is 1.63. The zero-order valence-electron chi connectivity index (χ0n) is 10.5. The van der Waals surface area contributed by atoms with E-state index >= 15 is 0 Å². The minimum absolute atomic E-state index is 0.416. The molecule has 0 amide bonds. The molecule has 2 aromatic carbocycles. The van der Waals surface area contributed by atoms with Crippen molar-refractivity contribution in [2.24, 2.45) is 0 Å². The van der Waals surface area contributed by atoms with Crippen LogP contribution in [0, 0.1) is 0 Å². The van der Waals surface area contributed by atoms with Crippen molar-refractivity contribution >= 4 is 34.1 Å². The number of benzene rings is 2. The molecule has 0 aliphatic carbocycles. The summed E-state index contributed by atoms with van der Waals surface area (Å²) >= 11 is -0.684. The van der Waals surface area contributed by atoms with Gasteiger partial charge >= 0.3 is 122 Å². The molecule has 19 heavy (non-hydrogen) atoms. The molecule has 0 unspecified atom stereocenters. The number of carboxylic acid groups (broad SMARTS) is 1. The second kappa shape index (κ2) is 6.60. The Morgan fingerprint density at radius 2 is 1.84 bits per heavy atom. The Morgan fingerprint density at radius 1 is 1.16 bits per heavy atom. The van der Waals surface area contributed by atoms with Gasteiger partial charge in [0.15, 0.2) is 0 Å². The van der Waals surface area contributed by atoms with Crippen molar-refractivity contribution in [3.63, 3.8) is 0 Å². The van der Waals surface area contributed by atoms with Crippen LogP contribution in [0.2, 0.25) is 0 Å². The van der Waals surface area contributed by atoms with Crippen LogP contribution in [-0.4, -0.2) is 38.6 Å². The van der Waals surface area contributed by atoms with E-state index in [4.69, 9.17) is 9.84 Å². The molecular weight excluding hydrogens is 356 g/mol. The average Bonchev–Trinajstić information content (AvgIpc) is 2.42. The van der Waals surface area contributed by atoms with Crippen LogP contribution >= 0.6 is 0 Å².